The van der Waals surface area contributed by atoms with E-state index in [9.17, 15) is 0 Å². The second-order valence-corrected chi connectivity index (χ2v) is 16.8. The number of hydrogen-bond donors (Lipinski definition) is 0. The first-order valence-electron chi connectivity index (χ1n) is 20.9. The topological polar surface area (TPSA) is 16.4 Å². The second-order valence-electron chi connectivity index (χ2n) is 16.8. The van der Waals surface area contributed by atoms with E-state index >= 15 is 0 Å². The van der Waals surface area contributed by atoms with E-state index in [1.807, 2.05) is 0 Å². The number of para-hydroxylation sites is 1. The van der Waals surface area contributed by atoms with Gasteiger partial charge >= 0.3 is 0 Å². The highest BCUT2D eigenvalue weighted by atomic mass is 16.3. The molecule has 0 saturated heterocycles. The maximum absolute atomic E-state index is 7.25. The Morgan fingerprint density at radius 3 is 1.65 bits per heavy atom. The molecule has 0 N–H and O–H groups in total. The summed E-state index contributed by atoms with van der Waals surface area (Å²) in [5, 5.41) is 2.23. The minimum absolute atomic E-state index is 0.148. The summed E-state index contributed by atoms with van der Waals surface area (Å²) in [6.45, 7) is 4.70. The van der Waals surface area contributed by atoms with Gasteiger partial charge in [0.1, 0.15) is 5.58 Å². The monoisotopic (exact) mass is 767 g/mol. The predicted octanol–water partition coefficient (Wildman–Crippen LogP) is 15.4. The van der Waals surface area contributed by atoms with Gasteiger partial charge in [0.2, 0.25) is 0 Å². The fourth-order valence-electron chi connectivity index (χ4n) is 10.8. The lowest BCUT2D eigenvalue weighted by Gasteiger charge is -2.34. The van der Waals surface area contributed by atoms with Gasteiger partial charge in [0, 0.05) is 27.4 Å². The largest absolute Gasteiger partial charge is 0.454 e. The van der Waals surface area contributed by atoms with Crippen molar-refractivity contribution in [3.63, 3.8) is 0 Å². The molecule has 0 atom stereocenters. The van der Waals surface area contributed by atoms with Crippen molar-refractivity contribution in [2.75, 3.05) is 4.90 Å². The quantitative estimate of drug-likeness (QED) is 0.168. The minimum Gasteiger partial charge on any atom is -0.454 e. The van der Waals surface area contributed by atoms with E-state index in [0.29, 0.717) is 0 Å². The Morgan fingerprint density at radius 2 is 0.933 bits per heavy atom. The maximum atomic E-state index is 7.25. The molecule has 0 unspecified atom stereocenters. The zero-order valence-corrected chi connectivity index (χ0v) is 33.6. The van der Waals surface area contributed by atoms with Gasteiger partial charge < -0.3 is 9.32 Å². The highest BCUT2D eigenvalue weighted by Gasteiger charge is 2.47. The fourth-order valence-corrected chi connectivity index (χ4v) is 10.8. The van der Waals surface area contributed by atoms with E-state index in [1.54, 1.807) is 0 Å². The van der Waals surface area contributed by atoms with Crippen LogP contribution in [0.2, 0.25) is 0 Å². The van der Waals surface area contributed by atoms with Crippen molar-refractivity contribution in [2.24, 2.45) is 0 Å². The van der Waals surface area contributed by atoms with Gasteiger partial charge in [-0.1, -0.05) is 196 Å². The lowest BCUT2D eigenvalue weighted by atomic mass is 9.66. The third kappa shape index (κ3) is 4.76. The van der Waals surface area contributed by atoms with Gasteiger partial charge in [-0.25, -0.2) is 0 Å². The number of furan rings is 1. The molecule has 1 heterocycles. The summed E-state index contributed by atoms with van der Waals surface area (Å²) in [7, 11) is 0. The summed E-state index contributed by atoms with van der Waals surface area (Å²) < 4.78 is 7.25. The first-order chi connectivity index (χ1) is 29.5. The SMILES string of the molecule is CC1(C)c2ccccc2-c2c(N(c3ccc(-c4ccccc4)cc3)c3cccc4c3oc3cccc(C5(c6ccccc6)c6ccccc6-c6ccccc65)c34)cccc21. The molecule has 10 aromatic rings. The Labute approximate surface area is 350 Å². The predicted molar refractivity (Wildman–Crippen MR) is 249 cm³/mol. The lowest BCUT2D eigenvalue weighted by Crippen LogP contribution is -2.28. The van der Waals surface area contributed by atoms with Crippen molar-refractivity contribution in [2.45, 2.75) is 24.7 Å². The molecule has 1 aromatic heterocycles. The standard InChI is InChI=1S/C58H41NO/c1-57(2)46-26-12-11-24-44(46)54-49(57)29-16-31-51(54)59(41-36-34-39(35-37-41)38-18-5-3-6-19-38)52-32-15-25-45-55-50(30-17-33-53(55)60-56(45)52)58(40-20-7-4-8-21-40)47-27-13-9-22-42(47)43-23-10-14-28-48(43)58/h3-37H,1-2H3. The van der Waals surface area contributed by atoms with Gasteiger partial charge in [-0.05, 0) is 91.5 Å². The lowest BCUT2D eigenvalue weighted by molar-refractivity contribution is 0.660. The highest BCUT2D eigenvalue weighted by molar-refractivity contribution is 6.13. The summed E-state index contributed by atoms with van der Waals surface area (Å²) in [6, 6.07) is 77.7. The van der Waals surface area contributed by atoms with Crippen LogP contribution in [-0.4, -0.2) is 0 Å². The Morgan fingerprint density at radius 1 is 0.400 bits per heavy atom. The Kier molecular flexibility index (Phi) is 7.52. The van der Waals surface area contributed by atoms with Gasteiger partial charge in [0.15, 0.2) is 5.58 Å². The van der Waals surface area contributed by atoms with Crippen LogP contribution in [0.15, 0.2) is 217 Å². The molecule has 0 fully saturated rings. The molecule has 2 nitrogen and oxygen atoms in total. The molecule has 0 bridgehead atoms. The van der Waals surface area contributed by atoms with Gasteiger partial charge in [-0.2, -0.15) is 0 Å². The van der Waals surface area contributed by atoms with E-state index in [4.69, 9.17) is 4.42 Å². The van der Waals surface area contributed by atoms with Crippen molar-refractivity contribution in [1.29, 1.82) is 0 Å². The zero-order valence-electron chi connectivity index (χ0n) is 33.6. The molecule has 0 amide bonds. The van der Waals surface area contributed by atoms with E-state index in [-0.39, 0.29) is 5.41 Å². The molecule has 0 radical (unpaired) electrons. The molecule has 0 spiro atoms. The molecule has 0 aliphatic heterocycles. The summed E-state index contributed by atoms with van der Waals surface area (Å²) in [5.41, 5.74) is 19.4. The number of nitrogens with zero attached hydrogens (tertiary/aromatic N) is 1. The second kappa shape index (κ2) is 13.0. The van der Waals surface area contributed by atoms with Crippen LogP contribution < -0.4 is 4.90 Å². The van der Waals surface area contributed by atoms with Crippen molar-refractivity contribution in [3.05, 3.63) is 246 Å². The summed E-state index contributed by atoms with van der Waals surface area (Å²) in [4.78, 5) is 2.43. The first kappa shape index (κ1) is 34.6. The number of rotatable bonds is 6. The average molecular weight is 768 g/mol. The molecule has 2 heteroatoms. The van der Waals surface area contributed by atoms with Crippen LogP contribution in [0.5, 0.6) is 0 Å². The number of anilines is 3. The minimum atomic E-state index is -0.566. The van der Waals surface area contributed by atoms with Crippen molar-refractivity contribution in [1.82, 2.24) is 0 Å². The number of fused-ring (bicyclic) bond motifs is 9. The molecule has 0 saturated carbocycles. The van der Waals surface area contributed by atoms with Gasteiger partial charge in [0.05, 0.1) is 16.8 Å². The van der Waals surface area contributed by atoms with Crippen LogP contribution in [0.3, 0.4) is 0 Å². The van der Waals surface area contributed by atoms with Crippen molar-refractivity contribution < 1.29 is 4.42 Å². The molecule has 2 aliphatic carbocycles. The molecule has 60 heavy (non-hydrogen) atoms. The summed E-state index contributed by atoms with van der Waals surface area (Å²) >= 11 is 0. The Hall–Kier alpha value is -7.42. The molecule has 9 aromatic carbocycles. The van der Waals surface area contributed by atoms with Crippen LogP contribution in [-0.2, 0) is 10.8 Å². The van der Waals surface area contributed by atoms with E-state index in [0.717, 1.165) is 39.0 Å². The fraction of sp³-hybridized carbons (Fsp3) is 0.0690. The third-order valence-corrected chi connectivity index (χ3v) is 13.4. The van der Waals surface area contributed by atoms with E-state index in [1.165, 1.54) is 66.8 Å². The van der Waals surface area contributed by atoms with Crippen molar-refractivity contribution >= 4 is 39.0 Å². The van der Waals surface area contributed by atoms with Gasteiger partial charge in [-0.3, -0.25) is 0 Å². The molecular formula is C58H41NO. The van der Waals surface area contributed by atoms with E-state index < -0.39 is 5.41 Å². The normalized spacial score (nSPS) is 14.1. The van der Waals surface area contributed by atoms with Crippen LogP contribution in [0.25, 0.3) is 55.3 Å². The molecule has 2 aliphatic rings. The van der Waals surface area contributed by atoms with E-state index in [2.05, 4.69) is 231 Å². The molecule has 12 rings (SSSR count). The first-order valence-corrected chi connectivity index (χ1v) is 20.9. The average Bonchev–Trinajstić information content (AvgIpc) is 3.92. The number of hydrogen-bond acceptors (Lipinski definition) is 2. The van der Waals surface area contributed by atoms with Gasteiger partial charge in [-0.15, -0.1) is 0 Å². The summed E-state index contributed by atoms with van der Waals surface area (Å²) in [6.07, 6.45) is 0. The van der Waals surface area contributed by atoms with Crippen molar-refractivity contribution in [3.8, 4) is 33.4 Å². The zero-order chi connectivity index (χ0) is 40.0. The highest BCUT2D eigenvalue weighted by Crippen LogP contribution is 2.59. The van der Waals surface area contributed by atoms with Gasteiger partial charge in [0.25, 0.3) is 0 Å². The molecular weight excluding hydrogens is 727 g/mol. The summed E-state index contributed by atoms with van der Waals surface area (Å²) in [5.74, 6) is 0. The Bertz CT molecular complexity index is 3240. The number of benzene rings is 9. The molecule has 284 valence electrons. The smallest absolute Gasteiger partial charge is 0.159 e. The van der Waals surface area contributed by atoms with Crippen LogP contribution in [0, 0.1) is 0 Å². The maximum Gasteiger partial charge on any atom is 0.159 e. The van der Waals surface area contributed by atoms with Crippen LogP contribution in [0.4, 0.5) is 17.1 Å². The third-order valence-electron chi connectivity index (χ3n) is 13.4. The Balaban J connectivity index is 1.15. The van der Waals surface area contributed by atoms with Crippen LogP contribution >= 0.6 is 0 Å². The van der Waals surface area contributed by atoms with Crippen LogP contribution in [0.1, 0.15) is 47.2 Å².